The Morgan fingerprint density at radius 1 is 0.738 bits per heavy atom. The lowest BCUT2D eigenvalue weighted by molar-refractivity contribution is -0.384. The number of imidazole rings is 2. The van der Waals surface area contributed by atoms with Crippen LogP contribution < -0.4 is 18.9 Å². The molecule has 2 fully saturated rings. The monoisotopic (exact) mass is 887 g/mol. The Hall–Kier alpha value is -7.32. The molecule has 2 aliphatic rings. The number of aromatic nitrogens is 6. The van der Waals surface area contributed by atoms with Gasteiger partial charge in [0.15, 0.2) is 28.6 Å². The van der Waals surface area contributed by atoms with Crippen molar-refractivity contribution in [1.82, 2.24) is 29.2 Å². The van der Waals surface area contributed by atoms with Crippen LogP contribution in [-0.2, 0) is 23.7 Å². The fraction of sp³-hybridized carbons (Fsp3) is 0.304. The summed E-state index contributed by atoms with van der Waals surface area (Å²) in [5, 5.41) is 20.1. The van der Waals surface area contributed by atoms with Gasteiger partial charge in [-0.15, -0.1) is 0 Å². The van der Waals surface area contributed by atoms with Gasteiger partial charge in [0.25, 0.3) is 12.2 Å². The number of carbonyl (C=O) groups excluding carboxylic acids is 2. The molecule has 9 rings (SSSR count). The Labute approximate surface area is 371 Å². The molecule has 0 bridgehead atoms. The highest BCUT2D eigenvalue weighted by atomic mass is 16.8. The van der Waals surface area contributed by atoms with Crippen molar-refractivity contribution < 1.29 is 52.4 Å². The summed E-state index contributed by atoms with van der Waals surface area (Å²) in [6, 6.07) is 27.5. The average Bonchev–Trinajstić information content (AvgIpc) is 4.02. The van der Waals surface area contributed by atoms with Crippen LogP contribution in [0.25, 0.3) is 33.8 Å². The van der Waals surface area contributed by atoms with Crippen LogP contribution in [0.1, 0.15) is 49.6 Å². The second kappa shape index (κ2) is 18.4. The number of non-ortho nitro benzene ring substituents is 1. The van der Waals surface area contributed by atoms with Crippen LogP contribution in [0.15, 0.2) is 97.1 Å². The fourth-order valence-corrected chi connectivity index (χ4v) is 7.22. The number of fused-ring (bicyclic) bond motifs is 2. The summed E-state index contributed by atoms with van der Waals surface area (Å²) >= 11 is 0. The SMILES string of the molecule is Cc1nc2ccc(-c3ccccc3OC[C@H]3COC(C)(C)O3)nn2c1C(=O)Oc1ccc([N+](=O)[O-])cc1.Cc1nc2ccc(-c3ccccc3OC[C@H]3COC(C)(C)O3)nn2c1OC=O. The van der Waals surface area contributed by atoms with Crippen LogP contribution in [0.3, 0.4) is 0 Å². The Morgan fingerprint density at radius 2 is 1.25 bits per heavy atom. The van der Waals surface area contributed by atoms with E-state index in [2.05, 4.69) is 20.2 Å². The predicted molar refractivity (Wildman–Crippen MR) is 232 cm³/mol. The normalized spacial score (nSPS) is 17.3. The molecule has 6 heterocycles. The number of hydrogen-bond acceptors (Lipinski definition) is 16. The van der Waals surface area contributed by atoms with Gasteiger partial charge in [0.2, 0.25) is 5.88 Å². The molecule has 0 aliphatic carbocycles. The minimum Gasteiger partial charge on any atom is -0.490 e. The molecule has 4 aromatic heterocycles. The third-order valence-corrected chi connectivity index (χ3v) is 10.2. The molecule has 65 heavy (non-hydrogen) atoms. The summed E-state index contributed by atoms with van der Waals surface area (Å²) in [6.07, 6.45) is -0.335. The predicted octanol–water partition coefficient (Wildman–Crippen LogP) is 7.13. The zero-order valence-corrected chi connectivity index (χ0v) is 36.3. The van der Waals surface area contributed by atoms with E-state index in [-0.39, 0.29) is 29.3 Å². The van der Waals surface area contributed by atoms with E-state index in [0.717, 1.165) is 11.1 Å². The molecule has 2 saturated heterocycles. The van der Waals surface area contributed by atoms with E-state index >= 15 is 0 Å². The molecule has 2 atom stereocenters. The number of aryl methyl sites for hydroxylation is 2. The first-order valence-electron chi connectivity index (χ1n) is 20.5. The lowest BCUT2D eigenvalue weighted by Crippen LogP contribution is -2.25. The third-order valence-electron chi connectivity index (χ3n) is 10.2. The number of nitro groups is 1. The van der Waals surface area contributed by atoms with Gasteiger partial charge in [0.1, 0.15) is 48.4 Å². The van der Waals surface area contributed by atoms with E-state index in [0.29, 0.717) is 84.3 Å². The first-order valence-corrected chi connectivity index (χ1v) is 20.5. The average molecular weight is 888 g/mol. The highest BCUT2D eigenvalue weighted by molar-refractivity contribution is 5.91. The van der Waals surface area contributed by atoms with Crippen molar-refractivity contribution in [3.63, 3.8) is 0 Å². The summed E-state index contributed by atoms with van der Waals surface area (Å²) < 4.78 is 48.3. The van der Waals surface area contributed by atoms with E-state index in [4.69, 9.17) is 37.9 Å². The van der Waals surface area contributed by atoms with Crippen LogP contribution in [0.4, 0.5) is 5.69 Å². The van der Waals surface area contributed by atoms with Crippen molar-refractivity contribution in [2.24, 2.45) is 0 Å². The number of carbonyl (C=O) groups is 2. The maximum absolute atomic E-state index is 13.0. The smallest absolute Gasteiger partial charge is 0.364 e. The molecule has 0 spiro atoms. The van der Waals surface area contributed by atoms with Crippen LogP contribution in [-0.4, -0.2) is 96.8 Å². The molecular formula is C46H45N7O12. The molecule has 7 aromatic rings. The van der Waals surface area contributed by atoms with Gasteiger partial charge >= 0.3 is 5.97 Å². The third kappa shape index (κ3) is 10.1. The zero-order valence-electron chi connectivity index (χ0n) is 36.3. The second-order valence-corrected chi connectivity index (χ2v) is 15.9. The van der Waals surface area contributed by atoms with Crippen molar-refractivity contribution >= 4 is 29.4 Å². The van der Waals surface area contributed by atoms with E-state index in [1.165, 1.54) is 33.3 Å². The molecular weight excluding hydrogens is 843 g/mol. The maximum atomic E-state index is 13.0. The molecule has 336 valence electrons. The van der Waals surface area contributed by atoms with Gasteiger partial charge in [-0.1, -0.05) is 24.3 Å². The lowest BCUT2D eigenvalue weighted by Gasteiger charge is -2.18. The summed E-state index contributed by atoms with van der Waals surface area (Å²) in [4.78, 5) is 43.0. The zero-order chi connectivity index (χ0) is 45.9. The van der Waals surface area contributed by atoms with Crippen molar-refractivity contribution in [1.29, 1.82) is 0 Å². The lowest BCUT2D eigenvalue weighted by atomic mass is 10.1. The Bertz CT molecular complexity index is 2880. The second-order valence-electron chi connectivity index (χ2n) is 15.9. The van der Waals surface area contributed by atoms with E-state index in [1.54, 1.807) is 26.0 Å². The summed E-state index contributed by atoms with van der Waals surface area (Å²) in [5.74, 6) is -0.168. The van der Waals surface area contributed by atoms with E-state index < -0.39 is 22.5 Å². The molecule has 0 unspecified atom stereocenters. The Balaban J connectivity index is 0.000000184. The summed E-state index contributed by atoms with van der Waals surface area (Å²) in [6.45, 7) is 12.9. The summed E-state index contributed by atoms with van der Waals surface area (Å²) in [7, 11) is 0. The van der Waals surface area contributed by atoms with Gasteiger partial charge in [0.05, 0.1) is 35.2 Å². The highest BCUT2D eigenvalue weighted by Gasteiger charge is 2.34. The Morgan fingerprint density at radius 3 is 1.75 bits per heavy atom. The van der Waals surface area contributed by atoms with Gasteiger partial charge in [-0.3, -0.25) is 14.9 Å². The summed E-state index contributed by atoms with van der Waals surface area (Å²) in [5.41, 5.74) is 4.89. The standard InChI is InChI=1S/C26H24N4O7.C20H21N3O5/c1-16-24(25(31)36-18-10-8-17(9-11-18)30(32)33)29-23(27-16)13-12-21(28-29)20-6-4-5-7-22(20)34-14-19-15-35-26(2,3)37-19;1-13-19(26-12-24)23-18(21-13)9-8-16(22-23)15-6-4-5-7-17(15)25-10-14-11-27-20(2,3)28-14/h4-13,19H,14-15H2,1-3H3;4-9,12,14H,10-11H2,1-3H3/t19-;14-/m00/s1. The van der Waals surface area contributed by atoms with Crippen LogP contribution in [0.2, 0.25) is 0 Å². The first kappa shape index (κ1) is 44.3. The molecule has 2 aliphatic heterocycles. The van der Waals surface area contributed by atoms with Gasteiger partial charge in [0, 0.05) is 23.3 Å². The molecule has 0 amide bonds. The molecule has 0 saturated carbocycles. The van der Waals surface area contributed by atoms with E-state index in [9.17, 15) is 19.7 Å². The number of nitrogens with zero attached hydrogens (tertiary/aromatic N) is 7. The minimum absolute atomic E-state index is 0.103. The topological polar surface area (TPSA) is 211 Å². The number of esters is 1. The fourth-order valence-electron chi connectivity index (χ4n) is 7.22. The number of para-hydroxylation sites is 2. The van der Waals surface area contributed by atoms with Crippen molar-refractivity contribution in [3.8, 4) is 45.6 Å². The number of nitro benzene ring substituents is 1. The molecule has 19 heteroatoms. The van der Waals surface area contributed by atoms with Gasteiger partial charge in [-0.2, -0.15) is 14.7 Å². The van der Waals surface area contributed by atoms with Crippen molar-refractivity contribution in [3.05, 3.63) is 124 Å². The number of hydrogen-bond donors (Lipinski definition) is 0. The molecule has 0 radical (unpaired) electrons. The largest absolute Gasteiger partial charge is 0.490 e. The highest BCUT2D eigenvalue weighted by Crippen LogP contribution is 2.33. The molecule has 0 N–H and O–H groups in total. The molecule has 19 nitrogen and oxygen atoms in total. The van der Waals surface area contributed by atoms with Gasteiger partial charge in [-0.05, 0) is 102 Å². The van der Waals surface area contributed by atoms with Gasteiger partial charge in [-0.25, -0.2) is 19.3 Å². The van der Waals surface area contributed by atoms with Crippen LogP contribution in [0, 0.1) is 24.0 Å². The number of benzene rings is 3. The van der Waals surface area contributed by atoms with Crippen LogP contribution in [0.5, 0.6) is 23.1 Å². The number of ether oxygens (including phenoxy) is 8. The van der Waals surface area contributed by atoms with Gasteiger partial charge < -0.3 is 37.9 Å². The number of rotatable bonds is 13. The van der Waals surface area contributed by atoms with E-state index in [1.807, 2.05) is 88.4 Å². The maximum Gasteiger partial charge on any atom is 0.364 e. The molecule has 3 aromatic carbocycles. The quantitative estimate of drug-likeness (QED) is 0.0370. The van der Waals surface area contributed by atoms with Crippen molar-refractivity contribution in [2.75, 3.05) is 26.4 Å². The first-order chi connectivity index (χ1) is 31.2. The van der Waals surface area contributed by atoms with Crippen LogP contribution >= 0.6 is 0 Å². The Kier molecular flexibility index (Phi) is 12.6. The minimum atomic E-state index is -0.686. The van der Waals surface area contributed by atoms with Crippen molar-refractivity contribution in [2.45, 2.75) is 65.3 Å².